The third-order valence-electron chi connectivity index (χ3n) is 3.71. The van der Waals surface area contributed by atoms with Crippen LogP contribution in [0.1, 0.15) is 44.9 Å². The van der Waals surface area contributed by atoms with Crippen molar-refractivity contribution < 1.29 is 35.5 Å². The van der Waals surface area contributed by atoms with Gasteiger partial charge in [0.05, 0.1) is 12.5 Å². The van der Waals surface area contributed by atoms with Crippen molar-refractivity contribution in [3.8, 4) is 0 Å². The predicted molar refractivity (Wildman–Crippen MR) is 71.5 cm³/mol. The minimum Gasteiger partial charge on any atom is -0.465 e. The number of carbonyl (C=O) groups is 1. The molecule has 0 bridgehead atoms. The third-order valence-corrected chi connectivity index (χ3v) is 4.94. The summed E-state index contributed by atoms with van der Waals surface area (Å²) in [4.78, 5) is 11.5. The molecular weight excluding hydrogens is 328 g/mol. The molecule has 0 atom stereocenters. The highest BCUT2D eigenvalue weighted by Gasteiger charge is 2.62. The van der Waals surface area contributed by atoms with Gasteiger partial charge >= 0.3 is 17.1 Å². The van der Waals surface area contributed by atoms with E-state index in [1.165, 1.54) is 0 Å². The number of hydrogen-bond donors (Lipinski definition) is 0. The van der Waals surface area contributed by atoms with Gasteiger partial charge in [-0.15, -0.1) is 0 Å². The van der Waals surface area contributed by atoms with Gasteiger partial charge in [-0.3, -0.25) is 4.79 Å². The van der Waals surface area contributed by atoms with Crippen LogP contribution in [-0.4, -0.2) is 38.4 Å². The molecule has 4 nitrogen and oxygen atoms in total. The van der Waals surface area contributed by atoms with Gasteiger partial charge in [-0.1, -0.05) is 12.8 Å². The van der Waals surface area contributed by atoms with E-state index in [0.29, 0.717) is 0 Å². The molecule has 130 valence electrons. The lowest BCUT2D eigenvalue weighted by Crippen LogP contribution is -2.46. The average molecular weight is 348 g/mol. The molecule has 22 heavy (non-hydrogen) atoms. The van der Waals surface area contributed by atoms with Crippen LogP contribution in [0.15, 0.2) is 0 Å². The molecule has 1 saturated carbocycles. The quantitative estimate of drug-likeness (QED) is 0.384. The summed E-state index contributed by atoms with van der Waals surface area (Å²) in [5.41, 5.74) is 0. The number of halogens is 4. The molecule has 1 aliphatic rings. The maximum Gasteiger partial charge on any atom is 0.406 e. The van der Waals surface area contributed by atoms with E-state index >= 15 is 0 Å². The van der Waals surface area contributed by atoms with E-state index in [1.807, 2.05) is 0 Å². The van der Waals surface area contributed by atoms with Crippen LogP contribution in [0.5, 0.6) is 0 Å². The van der Waals surface area contributed by atoms with Crippen LogP contribution in [0.25, 0.3) is 0 Å². The van der Waals surface area contributed by atoms with Gasteiger partial charge in [0.1, 0.15) is 0 Å². The van der Waals surface area contributed by atoms with Crippen LogP contribution < -0.4 is 0 Å². The van der Waals surface area contributed by atoms with E-state index < -0.39 is 27.4 Å². The van der Waals surface area contributed by atoms with E-state index in [-0.39, 0.29) is 37.6 Å². The number of unbranched alkanes of at least 4 members (excludes halogenated alkanes) is 1. The van der Waals surface area contributed by atoms with Gasteiger partial charge in [0.25, 0.3) is 0 Å². The molecule has 1 aliphatic carbocycles. The van der Waals surface area contributed by atoms with E-state index in [9.17, 15) is 30.8 Å². The van der Waals surface area contributed by atoms with Gasteiger partial charge in [0.15, 0.2) is 0 Å². The van der Waals surface area contributed by atoms with Crippen molar-refractivity contribution in [3.05, 3.63) is 0 Å². The fraction of sp³-hybridized carbons (Fsp3) is 0.923. The van der Waals surface area contributed by atoms with Crippen LogP contribution in [0, 0.1) is 5.92 Å². The Bertz CT molecular complexity index is 484. The summed E-state index contributed by atoms with van der Waals surface area (Å²) in [5.74, 6) is -5.18. The lowest BCUT2D eigenvalue weighted by atomic mass is 10.1. The highest BCUT2D eigenvalue weighted by Crippen LogP contribution is 2.41. The van der Waals surface area contributed by atoms with Crippen LogP contribution in [0.3, 0.4) is 0 Å². The highest BCUT2D eigenvalue weighted by molar-refractivity contribution is 7.91. The molecule has 0 unspecified atom stereocenters. The molecule has 0 spiro atoms. The summed E-state index contributed by atoms with van der Waals surface area (Å²) < 4.78 is 79.2. The molecule has 0 aliphatic heterocycles. The minimum atomic E-state index is -5.20. The number of esters is 1. The van der Waals surface area contributed by atoms with E-state index in [4.69, 9.17) is 4.74 Å². The first-order valence-electron chi connectivity index (χ1n) is 7.11. The van der Waals surface area contributed by atoms with Crippen molar-refractivity contribution in [2.24, 2.45) is 5.92 Å². The fourth-order valence-corrected chi connectivity index (χ4v) is 2.96. The Morgan fingerprint density at radius 3 is 2.18 bits per heavy atom. The molecule has 1 rings (SSSR count). The van der Waals surface area contributed by atoms with E-state index in [1.54, 1.807) is 0 Å². The van der Waals surface area contributed by atoms with Crippen molar-refractivity contribution in [2.75, 3.05) is 12.9 Å². The van der Waals surface area contributed by atoms with Crippen LogP contribution in [0.4, 0.5) is 17.6 Å². The second kappa shape index (κ2) is 7.14. The Balaban J connectivity index is 2.32. The summed E-state index contributed by atoms with van der Waals surface area (Å²) >= 11 is 0. The summed E-state index contributed by atoms with van der Waals surface area (Å²) in [6.07, 6.45) is 1.80. The van der Waals surface area contributed by atoms with Crippen molar-refractivity contribution in [1.82, 2.24) is 0 Å². The predicted octanol–water partition coefficient (Wildman–Crippen LogP) is 3.16. The Morgan fingerprint density at radius 2 is 1.68 bits per heavy atom. The van der Waals surface area contributed by atoms with Gasteiger partial charge < -0.3 is 4.74 Å². The minimum absolute atomic E-state index is 0.0199. The number of carbonyl (C=O) groups excluding carboxylic acids is 1. The summed E-state index contributed by atoms with van der Waals surface area (Å²) in [6, 6.07) is 0. The van der Waals surface area contributed by atoms with E-state index in [0.717, 1.165) is 25.7 Å². The van der Waals surface area contributed by atoms with Crippen molar-refractivity contribution in [3.63, 3.8) is 0 Å². The zero-order valence-electron chi connectivity index (χ0n) is 12.3. The topological polar surface area (TPSA) is 60.4 Å². The summed E-state index contributed by atoms with van der Waals surface area (Å²) in [6.45, 7) is -0.129. The Morgan fingerprint density at radius 1 is 1.14 bits per heavy atom. The molecule has 0 heterocycles. The van der Waals surface area contributed by atoms with Crippen molar-refractivity contribution in [1.29, 1.82) is 0 Å². The fourth-order valence-electron chi connectivity index (χ4n) is 2.32. The average Bonchev–Trinajstić information content (AvgIpc) is 2.90. The molecule has 9 heteroatoms. The second-order valence-electron chi connectivity index (χ2n) is 5.60. The molecule has 0 amide bonds. The lowest BCUT2D eigenvalue weighted by molar-refractivity contribution is -0.162. The monoisotopic (exact) mass is 348 g/mol. The molecule has 0 aromatic carbocycles. The van der Waals surface area contributed by atoms with Crippen molar-refractivity contribution in [2.45, 2.75) is 56.1 Å². The lowest BCUT2D eigenvalue weighted by Gasteiger charge is -2.24. The Kier molecular flexibility index (Phi) is 6.23. The number of rotatable bonds is 8. The van der Waals surface area contributed by atoms with Gasteiger partial charge in [-0.2, -0.15) is 17.6 Å². The third kappa shape index (κ3) is 4.57. The standard InChI is InChI=1S/C13H20F4O4S/c1-22(19,20)13(16,17)12(14,15)8-4-5-9-21-11(18)10-6-2-3-7-10/h10H,2-9H2,1H3. The van der Waals surface area contributed by atoms with Crippen LogP contribution in [-0.2, 0) is 19.4 Å². The van der Waals surface area contributed by atoms with Gasteiger partial charge in [-0.05, 0) is 25.7 Å². The number of hydrogen-bond acceptors (Lipinski definition) is 4. The normalized spacial score (nSPS) is 17.7. The largest absolute Gasteiger partial charge is 0.465 e. The smallest absolute Gasteiger partial charge is 0.406 e. The molecule has 1 fully saturated rings. The van der Waals surface area contributed by atoms with Crippen LogP contribution in [0.2, 0.25) is 0 Å². The van der Waals surface area contributed by atoms with Gasteiger partial charge in [-0.25, -0.2) is 8.42 Å². The maximum absolute atomic E-state index is 13.3. The number of ether oxygens (including phenoxy) is 1. The number of alkyl halides is 4. The molecule has 0 aromatic rings. The van der Waals surface area contributed by atoms with Crippen molar-refractivity contribution >= 4 is 15.8 Å². The van der Waals surface area contributed by atoms with Gasteiger partial charge in [0, 0.05) is 12.7 Å². The first kappa shape index (κ1) is 19.2. The molecule has 0 radical (unpaired) electrons. The summed E-state index contributed by atoms with van der Waals surface area (Å²) in [7, 11) is -5.20. The molecule has 0 N–H and O–H groups in total. The number of sulfone groups is 1. The molecule has 0 saturated heterocycles. The first-order valence-corrected chi connectivity index (χ1v) is 9.00. The zero-order chi connectivity index (χ0) is 17.0. The van der Waals surface area contributed by atoms with Gasteiger partial charge in [0.2, 0.25) is 9.84 Å². The SMILES string of the molecule is CS(=O)(=O)C(F)(F)C(F)(F)CCCCOC(=O)C1CCCC1. The highest BCUT2D eigenvalue weighted by atomic mass is 32.2. The Labute approximate surface area is 127 Å². The summed E-state index contributed by atoms with van der Waals surface area (Å²) in [5, 5.41) is -5.10. The zero-order valence-corrected chi connectivity index (χ0v) is 13.1. The van der Waals surface area contributed by atoms with Crippen LogP contribution >= 0.6 is 0 Å². The molecular formula is C13H20F4O4S. The van der Waals surface area contributed by atoms with E-state index in [2.05, 4.69) is 0 Å². The first-order chi connectivity index (χ1) is 9.99. The molecule has 0 aromatic heterocycles. The second-order valence-corrected chi connectivity index (χ2v) is 7.66. The maximum atomic E-state index is 13.3. The Hall–Kier alpha value is -0.860.